The highest BCUT2D eigenvalue weighted by molar-refractivity contribution is 7.92. The molecule has 0 atom stereocenters. The minimum atomic E-state index is -3.80. The van der Waals surface area contributed by atoms with Crippen molar-refractivity contribution in [3.05, 3.63) is 53.6 Å². The number of hydrogen-bond acceptors (Lipinski definition) is 5. The molecular weight excluding hydrogens is 303 g/mol. The molecule has 2 aromatic carbocycles. The molecule has 1 aliphatic rings. The minimum absolute atomic E-state index is 0.00356. The molecule has 0 aliphatic carbocycles. The van der Waals surface area contributed by atoms with Gasteiger partial charge in [0.25, 0.3) is 10.0 Å². The Bertz CT molecular complexity index is 877. The van der Waals surface area contributed by atoms with Gasteiger partial charge in [-0.2, -0.15) is 5.26 Å². The number of sulfonamides is 1. The maximum Gasteiger partial charge on any atom is 0.491 e. The summed E-state index contributed by atoms with van der Waals surface area (Å²) in [5.41, 5.74) is 1.96. The van der Waals surface area contributed by atoms with Crippen LogP contribution < -0.4 is 10.2 Å². The first-order valence-corrected chi connectivity index (χ1v) is 7.93. The molecule has 0 spiro atoms. The number of rotatable bonds is 3. The number of benzene rings is 2. The Morgan fingerprint density at radius 1 is 1.27 bits per heavy atom. The average molecular weight is 314 g/mol. The summed E-state index contributed by atoms with van der Waals surface area (Å²) in [5, 5.41) is 18.5. The fourth-order valence-corrected chi connectivity index (χ4v) is 3.32. The van der Waals surface area contributed by atoms with E-state index in [0.717, 1.165) is 5.56 Å². The van der Waals surface area contributed by atoms with E-state index in [0.29, 0.717) is 17.8 Å². The topological polar surface area (TPSA) is 99.4 Å². The molecule has 3 rings (SSSR count). The van der Waals surface area contributed by atoms with Gasteiger partial charge in [-0.15, -0.1) is 0 Å². The second-order valence-electron chi connectivity index (χ2n) is 4.82. The fourth-order valence-electron chi connectivity index (χ4n) is 2.23. The standard InChI is InChI=1S/C14H11BN2O4S/c16-8-10-2-1-3-13(6-10)22(19,20)17-12-5-4-11-9-21-15(18)14(11)7-12/h1-7,17-18H,9H2. The van der Waals surface area contributed by atoms with Gasteiger partial charge in [-0.05, 0) is 41.4 Å². The lowest BCUT2D eigenvalue weighted by Gasteiger charge is -2.09. The first-order chi connectivity index (χ1) is 10.5. The van der Waals surface area contributed by atoms with Crippen molar-refractivity contribution in [2.24, 2.45) is 0 Å². The van der Waals surface area contributed by atoms with Crippen LogP contribution in [0.4, 0.5) is 5.69 Å². The highest BCUT2D eigenvalue weighted by Gasteiger charge is 2.27. The van der Waals surface area contributed by atoms with Gasteiger partial charge in [0.2, 0.25) is 0 Å². The van der Waals surface area contributed by atoms with Crippen LogP contribution in [-0.2, 0) is 21.3 Å². The SMILES string of the molecule is N#Cc1cccc(S(=O)(=O)Nc2ccc3c(c2)B(O)OC3)c1. The van der Waals surface area contributed by atoms with E-state index in [2.05, 4.69) is 4.72 Å². The van der Waals surface area contributed by atoms with E-state index in [4.69, 9.17) is 9.92 Å². The van der Waals surface area contributed by atoms with Crippen molar-refractivity contribution in [3.8, 4) is 6.07 Å². The van der Waals surface area contributed by atoms with Crippen LogP contribution in [-0.4, -0.2) is 20.6 Å². The monoisotopic (exact) mass is 314 g/mol. The molecule has 1 aliphatic heterocycles. The summed E-state index contributed by atoms with van der Waals surface area (Å²) in [6.45, 7) is 0.299. The molecule has 1 heterocycles. The summed E-state index contributed by atoms with van der Waals surface area (Å²) < 4.78 is 32.2. The Kier molecular flexibility index (Phi) is 3.62. The first kappa shape index (κ1) is 14.6. The lowest BCUT2D eigenvalue weighted by molar-refractivity contribution is 0.275. The van der Waals surface area contributed by atoms with Crippen molar-refractivity contribution in [2.45, 2.75) is 11.5 Å². The van der Waals surface area contributed by atoms with Crippen LogP contribution in [0.3, 0.4) is 0 Å². The Morgan fingerprint density at radius 2 is 2.09 bits per heavy atom. The Hall–Kier alpha value is -2.34. The summed E-state index contributed by atoms with van der Waals surface area (Å²) >= 11 is 0. The van der Waals surface area contributed by atoms with Gasteiger partial charge in [-0.1, -0.05) is 12.1 Å². The number of fused-ring (bicyclic) bond motifs is 1. The third-order valence-corrected chi connectivity index (χ3v) is 4.71. The van der Waals surface area contributed by atoms with Crippen molar-refractivity contribution in [1.29, 1.82) is 5.26 Å². The fraction of sp³-hybridized carbons (Fsp3) is 0.0714. The van der Waals surface area contributed by atoms with Gasteiger partial charge in [-0.3, -0.25) is 4.72 Å². The van der Waals surface area contributed by atoms with Gasteiger partial charge in [0.15, 0.2) is 0 Å². The molecule has 0 unspecified atom stereocenters. The zero-order valence-corrected chi connectivity index (χ0v) is 12.2. The molecule has 0 bridgehead atoms. The van der Waals surface area contributed by atoms with E-state index in [1.807, 2.05) is 6.07 Å². The van der Waals surface area contributed by atoms with Crippen molar-refractivity contribution in [1.82, 2.24) is 0 Å². The van der Waals surface area contributed by atoms with Gasteiger partial charge < -0.3 is 9.68 Å². The van der Waals surface area contributed by atoms with Crippen LogP contribution in [0.5, 0.6) is 0 Å². The normalized spacial score (nSPS) is 13.5. The van der Waals surface area contributed by atoms with Crippen LogP contribution >= 0.6 is 0 Å². The summed E-state index contributed by atoms with van der Waals surface area (Å²) in [6.07, 6.45) is 0. The van der Waals surface area contributed by atoms with Crippen molar-refractivity contribution < 1.29 is 18.1 Å². The van der Waals surface area contributed by atoms with Gasteiger partial charge in [0.1, 0.15) is 0 Å². The quantitative estimate of drug-likeness (QED) is 0.807. The molecule has 22 heavy (non-hydrogen) atoms. The molecule has 2 aromatic rings. The minimum Gasteiger partial charge on any atom is -0.423 e. The van der Waals surface area contributed by atoms with Crippen molar-refractivity contribution >= 4 is 28.3 Å². The Morgan fingerprint density at radius 3 is 2.86 bits per heavy atom. The first-order valence-electron chi connectivity index (χ1n) is 6.45. The number of hydrogen-bond donors (Lipinski definition) is 2. The van der Waals surface area contributed by atoms with Gasteiger partial charge in [0.05, 0.1) is 23.1 Å². The maximum absolute atomic E-state index is 12.3. The van der Waals surface area contributed by atoms with E-state index in [1.165, 1.54) is 24.3 Å². The second kappa shape index (κ2) is 5.46. The molecule has 0 saturated carbocycles. The predicted molar refractivity (Wildman–Crippen MR) is 80.8 cm³/mol. The van der Waals surface area contributed by atoms with Crippen LogP contribution in [0.15, 0.2) is 47.4 Å². The van der Waals surface area contributed by atoms with E-state index in [-0.39, 0.29) is 10.5 Å². The van der Waals surface area contributed by atoms with Gasteiger partial charge >= 0.3 is 7.12 Å². The molecule has 0 saturated heterocycles. The Labute approximate surface area is 128 Å². The molecule has 8 heteroatoms. The highest BCUT2D eigenvalue weighted by atomic mass is 32.2. The number of nitrogens with one attached hydrogen (secondary N) is 1. The summed E-state index contributed by atoms with van der Waals surface area (Å²) in [5.74, 6) is 0. The second-order valence-corrected chi connectivity index (χ2v) is 6.50. The zero-order valence-electron chi connectivity index (χ0n) is 11.4. The molecule has 110 valence electrons. The molecule has 0 fully saturated rings. The smallest absolute Gasteiger partial charge is 0.423 e. The number of nitriles is 1. The van der Waals surface area contributed by atoms with Crippen LogP contribution in [0.1, 0.15) is 11.1 Å². The molecule has 0 aromatic heterocycles. The summed E-state index contributed by atoms with van der Waals surface area (Å²) in [4.78, 5) is 0.00356. The largest absolute Gasteiger partial charge is 0.491 e. The molecule has 6 nitrogen and oxygen atoms in total. The zero-order chi connectivity index (χ0) is 15.7. The number of anilines is 1. The molecule has 2 N–H and O–H groups in total. The molecule has 0 radical (unpaired) electrons. The highest BCUT2D eigenvalue weighted by Crippen LogP contribution is 2.19. The van der Waals surface area contributed by atoms with Crippen LogP contribution in [0, 0.1) is 11.3 Å². The van der Waals surface area contributed by atoms with Crippen molar-refractivity contribution in [2.75, 3.05) is 4.72 Å². The van der Waals surface area contributed by atoms with E-state index in [1.54, 1.807) is 18.2 Å². The van der Waals surface area contributed by atoms with E-state index >= 15 is 0 Å². The average Bonchev–Trinajstić information content (AvgIpc) is 2.88. The lowest BCUT2D eigenvalue weighted by Crippen LogP contribution is -2.28. The number of nitrogens with zero attached hydrogens (tertiary/aromatic N) is 1. The maximum atomic E-state index is 12.3. The predicted octanol–water partition coefficient (Wildman–Crippen LogP) is 0.577. The third-order valence-electron chi connectivity index (χ3n) is 3.33. The Balaban J connectivity index is 1.92. The van der Waals surface area contributed by atoms with E-state index < -0.39 is 17.1 Å². The van der Waals surface area contributed by atoms with Gasteiger partial charge in [0, 0.05) is 5.69 Å². The van der Waals surface area contributed by atoms with Gasteiger partial charge in [-0.25, -0.2) is 8.42 Å². The molecule has 0 amide bonds. The third kappa shape index (κ3) is 2.70. The lowest BCUT2D eigenvalue weighted by atomic mass is 9.79. The molecular formula is C14H11BN2O4S. The van der Waals surface area contributed by atoms with E-state index in [9.17, 15) is 13.4 Å². The summed E-state index contributed by atoms with van der Waals surface area (Å²) in [6, 6.07) is 12.5. The van der Waals surface area contributed by atoms with Crippen LogP contribution in [0.25, 0.3) is 0 Å². The van der Waals surface area contributed by atoms with Crippen LogP contribution in [0.2, 0.25) is 0 Å². The van der Waals surface area contributed by atoms with Crippen molar-refractivity contribution in [3.63, 3.8) is 0 Å². The summed E-state index contributed by atoms with van der Waals surface area (Å²) in [7, 11) is -4.84.